The van der Waals surface area contributed by atoms with Crippen LogP contribution >= 0.6 is 0 Å². The average molecular weight is 530 g/mol. The van der Waals surface area contributed by atoms with Crippen molar-refractivity contribution in [1.29, 1.82) is 0 Å². The first-order chi connectivity index (χ1) is 19.0. The van der Waals surface area contributed by atoms with Crippen LogP contribution in [-0.4, -0.2) is 72.1 Å². The van der Waals surface area contributed by atoms with Crippen LogP contribution in [0, 0.1) is 6.92 Å². The minimum Gasteiger partial charge on any atom is -0.378 e. The van der Waals surface area contributed by atoms with Crippen molar-refractivity contribution in [3.8, 4) is 0 Å². The van der Waals surface area contributed by atoms with Crippen LogP contribution in [0.3, 0.4) is 0 Å². The summed E-state index contributed by atoms with van der Waals surface area (Å²) in [6.45, 7) is 7.93. The van der Waals surface area contributed by atoms with E-state index in [0.717, 1.165) is 61.9 Å². The fourth-order valence-electron chi connectivity index (χ4n) is 4.84. The Morgan fingerprint density at radius 3 is 2.41 bits per heavy atom. The van der Waals surface area contributed by atoms with Crippen molar-refractivity contribution in [3.63, 3.8) is 0 Å². The highest BCUT2D eigenvalue weighted by Gasteiger charge is 2.24. The zero-order valence-corrected chi connectivity index (χ0v) is 22.4. The van der Waals surface area contributed by atoms with Crippen molar-refractivity contribution in [3.05, 3.63) is 65.9 Å². The summed E-state index contributed by atoms with van der Waals surface area (Å²) in [4.78, 5) is 37.6. The van der Waals surface area contributed by atoms with Gasteiger partial charge < -0.3 is 30.5 Å². The SMILES string of the molecule is CC(=O)c1ccc(NC(=O)N2CCC(Nc3nc(Nc4ccccc4N4CCOCC4)ncc3C)CC2)cc1. The molecule has 2 aliphatic heterocycles. The Balaban J connectivity index is 1.17. The van der Waals surface area contributed by atoms with Crippen LogP contribution < -0.4 is 20.9 Å². The molecule has 3 aromatic rings. The van der Waals surface area contributed by atoms with Crippen molar-refractivity contribution < 1.29 is 14.3 Å². The molecule has 5 rings (SSSR count). The third-order valence-corrected chi connectivity index (χ3v) is 7.14. The fourth-order valence-corrected chi connectivity index (χ4v) is 4.84. The molecule has 0 aliphatic carbocycles. The maximum Gasteiger partial charge on any atom is 0.321 e. The smallest absolute Gasteiger partial charge is 0.321 e. The Bertz CT molecular complexity index is 1300. The first kappa shape index (κ1) is 26.4. The van der Waals surface area contributed by atoms with Crippen LogP contribution in [-0.2, 0) is 4.74 Å². The number of para-hydroxylation sites is 2. The van der Waals surface area contributed by atoms with Gasteiger partial charge in [-0.2, -0.15) is 4.98 Å². The molecular weight excluding hydrogens is 494 g/mol. The van der Waals surface area contributed by atoms with Crippen molar-refractivity contribution in [2.45, 2.75) is 32.7 Å². The molecule has 10 heteroatoms. The van der Waals surface area contributed by atoms with E-state index in [1.807, 2.05) is 36.2 Å². The summed E-state index contributed by atoms with van der Waals surface area (Å²) in [5.41, 5.74) is 4.34. The largest absolute Gasteiger partial charge is 0.378 e. The minimum absolute atomic E-state index is 0.00193. The number of aromatic nitrogens is 2. The number of amides is 2. The lowest BCUT2D eigenvalue weighted by molar-refractivity contribution is 0.101. The molecule has 2 aromatic carbocycles. The number of likely N-dealkylation sites (tertiary alicyclic amines) is 1. The van der Waals surface area contributed by atoms with E-state index >= 15 is 0 Å². The minimum atomic E-state index is -0.132. The molecule has 2 amide bonds. The summed E-state index contributed by atoms with van der Waals surface area (Å²) in [7, 11) is 0. The third kappa shape index (κ3) is 6.64. The number of morpholine rings is 1. The molecule has 0 spiro atoms. The molecule has 3 N–H and O–H groups in total. The van der Waals surface area contributed by atoms with Crippen molar-refractivity contribution >= 4 is 40.6 Å². The number of piperidine rings is 1. The molecule has 10 nitrogen and oxygen atoms in total. The summed E-state index contributed by atoms with van der Waals surface area (Å²) in [6.07, 6.45) is 3.44. The number of nitrogens with one attached hydrogen (secondary N) is 3. The second-order valence-electron chi connectivity index (χ2n) is 9.94. The van der Waals surface area contributed by atoms with Crippen LogP contribution in [0.15, 0.2) is 54.7 Å². The lowest BCUT2D eigenvalue weighted by Crippen LogP contribution is -2.44. The van der Waals surface area contributed by atoms with E-state index in [-0.39, 0.29) is 17.9 Å². The highest BCUT2D eigenvalue weighted by atomic mass is 16.5. The van der Waals surface area contributed by atoms with E-state index in [9.17, 15) is 9.59 Å². The molecule has 39 heavy (non-hydrogen) atoms. The number of benzene rings is 2. The third-order valence-electron chi connectivity index (χ3n) is 7.14. The molecule has 0 bridgehead atoms. The number of hydrogen-bond donors (Lipinski definition) is 3. The van der Waals surface area contributed by atoms with Gasteiger partial charge in [-0.3, -0.25) is 4.79 Å². The Morgan fingerprint density at radius 2 is 1.69 bits per heavy atom. The van der Waals surface area contributed by atoms with Crippen LogP contribution in [0.5, 0.6) is 0 Å². The van der Waals surface area contributed by atoms with Crippen LogP contribution in [0.1, 0.15) is 35.7 Å². The molecule has 2 aliphatic rings. The average Bonchev–Trinajstić information content (AvgIpc) is 2.96. The summed E-state index contributed by atoms with van der Waals surface area (Å²) in [5, 5.41) is 9.90. The van der Waals surface area contributed by atoms with Crippen molar-refractivity contribution in [1.82, 2.24) is 14.9 Å². The maximum atomic E-state index is 12.8. The maximum absolute atomic E-state index is 12.8. The fraction of sp³-hybridized carbons (Fsp3) is 0.379. The molecule has 0 atom stereocenters. The number of carbonyl (C=O) groups is 2. The lowest BCUT2D eigenvalue weighted by atomic mass is 10.1. The number of hydrogen-bond acceptors (Lipinski definition) is 8. The second-order valence-corrected chi connectivity index (χ2v) is 9.94. The zero-order valence-electron chi connectivity index (χ0n) is 22.4. The highest BCUT2D eigenvalue weighted by molar-refractivity contribution is 5.95. The van der Waals surface area contributed by atoms with Gasteiger partial charge in [-0.15, -0.1) is 0 Å². The predicted octanol–water partition coefficient (Wildman–Crippen LogP) is 4.68. The molecular formula is C29H35N7O3. The second kappa shape index (κ2) is 12.1. The van der Waals surface area contributed by atoms with E-state index < -0.39 is 0 Å². The Kier molecular flexibility index (Phi) is 8.21. The van der Waals surface area contributed by atoms with Gasteiger partial charge in [0.25, 0.3) is 0 Å². The summed E-state index contributed by atoms with van der Waals surface area (Å²) in [6, 6.07) is 15.2. The number of carbonyl (C=O) groups excluding carboxylic acids is 2. The molecule has 0 radical (unpaired) electrons. The number of rotatable bonds is 7. The molecule has 3 heterocycles. The number of ketones is 1. The van der Waals surface area contributed by atoms with Gasteiger partial charge in [0.2, 0.25) is 5.95 Å². The number of aryl methyl sites for hydroxylation is 1. The Labute approximate surface area is 228 Å². The summed E-state index contributed by atoms with van der Waals surface area (Å²) < 4.78 is 5.51. The molecule has 0 unspecified atom stereocenters. The zero-order chi connectivity index (χ0) is 27.2. The van der Waals surface area contributed by atoms with E-state index in [1.165, 1.54) is 6.92 Å². The standard InChI is InChI=1S/C29H35N7O3/c1-20-19-30-28(33-25-5-3-4-6-26(25)35-15-17-39-18-16-35)34-27(20)31-24-11-13-36(14-12-24)29(38)32-23-9-7-22(8-10-23)21(2)37/h3-10,19,24H,11-18H2,1-2H3,(H,32,38)(H2,30,31,33,34). The molecule has 204 valence electrons. The number of ether oxygens (including phenoxy) is 1. The van der Waals surface area contributed by atoms with Gasteiger partial charge in [-0.25, -0.2) is 9.78 Å². The Morgan fingerprint density at radius 1 is 0.974 bits per heavy atom. The molecule has 1 aromatic heterocycles. The van der Waals surface area contributed by atoms with E-state index in [2.05, 4.69) is 31.9 Å². The summed E-state index contributed by atoms with van der Waals surface area (Å²) in [5.74, 6) is 1.34. The monoisotopic (exact) mass is 529 g/mol. The molecule has 2 fully saturated rings. The Hall–Kier alpha value is -4.18. The first-order valence-corrected chi connectivity index (χ1v) is 13.4. The van der Waals surface area contributed by atoms with Crippen molar-refractivity contribution in [2.24, 2.45) is 0 Å². The van der Waals surface area contributed by atoms with Crippen molar-refractivity contribution in [2.75, 3.05) is 60.2 Å². The van der Waals surface area contributed by atoms with Gasteiger partial charge in [-0.05, 0) is 63.1 Å². The van der Waals surface area contributed by atoms with E-state index in [0.29, 0.717) is 30.3 Å². The first-order valence-electron chi connectivity index (χ1n) is 13.4. The summed E-state index contributed by atoms with van der Waals surface area (Å²) >= 11 is 0. The molecule has 0 saturated carbocycles. The topological polar surface area (TPSA) is 112 Å². The van der Waals surface area contributed by atoms with Crippen LogP contribution in [0.4, 0.5) is 33.6 Å². The van der Waals surface area contributed by atoms with E-state index in [1.54, 1.807) is 24.3 Å². The quantitative estimate of drug-likeness (QED) is 0.379. The van der Waals surface area contributed by atoms with Gasteiger partial charge in [0.05, 0.1) is 24.6 Å². The van der Waals surface area contributed by atoms with Gasteiger partial charge in [0.1, 0.15) is 5.82 Å². The predicted molar refractivity (Wildman–Crippen MR) is 153 cm³/mol. The van der Waals surface area contributed by atoms with Crippen LogP contribution in [0.2, 0.25) is 0 Å². The lowest BCUT2D eigenvalue weighted by Gasteiger charge is -2.33. The normalized spacial score (nSPS) is 16.1. The van der Waals surface area contributed by atoms with Gasteiger partial charge in [0.15, 0.2) is 5.78 Å². The number of nitrogens with zero attached hydrogens (tertiary/aromatic N) is 4. The van der Waals surface area contributed by atoms with Gasteiger partial charge in [-0.1, -0.05) is 12.1 Å². The van der Waals surface area contributed by atoms with Gasteiger partial charge in [0, 0.05) is 55.2 Å². The highest BCUT2D eigenvalue weighted by Crippen LogP contribution is 2.29. The molecule has 2 saturated heterocycles. The number of anilines is 5. The van der Waals surface area contributed by atoms with E-state index in [4.69, 9.17) is 9.72 Å². The van der Waals surface area contributed by atoms with Crippen LogP contribution in [0.25, 0.3) is 0 Å². The van der Waals surface area contributed by atoms with Gasteiger partial charge >= 0.3 is 6.03 Å². The number of Topliss-reactive ketones (excluding diaryl/α,β-unsaturated/α-hetero) is 1. The number of urea groups is 1.